The fourth-order valence-corrected chi connectivity index (χ4v) is 3.31. The van der Waals surface area contributed by atoms with Gasteiger partial charge in [0.1, 0.15) is 16.9 Å². The van der Waals surface area contributed by atoms with E-state index in [9.17, 15) is 0 Å². The first-order valence-electron chi connectivity index (χ1n) is 8.82. The van der Waals surface area contributed by atoms with Crippen LogP contribution in [0.5, 0.6) is 5.75 Å². The average molecular weight is 376 g/mol. The Balaban J connectivity index is 1.36. The molecule has 0 atom stereocenters. The van der Waals surface area contributed by atoms with Crippen molar-refractivity contribution in [3.05, 3.63) is 72.3 Å². The summed E-state index contributed by atoms with van der Waals surface area (Å²) in [5, 5.41) is 9.29. The molecule has 0 fully saturated rings. The molecule has 0 radical (unpaired) electrons. The van der Waals surface area contributed by atoms with Crippen LogP contribution < -0.4 is 15.4 Å². The Morgan fingerprint density at radius 2 is 1.74 bits per heavy atom. The number of thiocarbonyl (C=S) groups is 1. The molecule has 0 aliphatic rings. The van der Waals surface area contributed by atoms with Crippen LogP contribution in [0.25, 0.3) is 21.9 Å². The third kappa shape index (κ3) is 3.88. The molecule has 3 aromatic carbocycles. The second-order valence-corrected chi connectivity index (χ2v) is 6.70. The zero-order valence-electron chi connectivity index (χ0n) is 15.0. The number of anilines is 1. The summed E-state index contributed by atoms with van der Waals surface area (Å²) in [7, 11) is 1.67. The Morgan fingerprint density at radius 1 is 0.963 bits per heavy atom. The molecule has 4 nitrogen and oxygen atoms in total. The van der Waals surface area contributed by atoms with Crippen LogP contribution in [-0.4, -0.2) is 18.8 Å². The summed E-state index contributed by atoms with van der Waals surface area (Å²) in [4.78, 5) is 0. The van der Waals surface area contributed by atoms with Crippen LogP contribution in [0, 0.1) is 0 Å². The SMILES string of the molecule is COc1ccc(CCNC(=S)Nc2ccc3c(c2)oc2ccccc23)cc1. The normalized spacial score (nSPS) is 10.9. The van der Waals surface area contributed by atoms with Gasteiger partial charge < -0.3 is 19.8 Å². The van der Waals surface area contributed by atoms with Gasteiger partial charge in [-0.25, -0.2) is 0 Å². The number of ether oxygens (including phenoxy) is 1. The molecule has 4 aromatic rings. The number of furan rings is 1. The van der Waals surface area contributed by atoms with Crippen molar-refractivity contribution in [1.29, 1.82) is 0 Å². The Kier molecular flexibility index (Phi) is 4.94. The number of hydrogen-bond acceptors (Lipinski definition) is 3. The Morgan fingerprint density at radius 3 is 2.56 bits per heavy atom. The van der Waals surface area contributed by atoms with Crippen molar-refractivity contribution < 1.29 is 9.15 Å². The van der Waals surface area contributed by atoms with E-state index in [0.717, 1.165) is 46.3 Å². The number of rotatable bonds is 5. The molecule has 0 aliphatic carbocycles. The smallest absolute Gasteiger partial charge is 0.170 e. The van der Waals surface area contributed by atoms with Crippen LogP contribution in [-0.2, 0) is 6.42 Å². The zero-order chi connectivity index (χ0) is 18.6. The monoisotopic (exact) mass is 376 g/mol. The first kappa shape index (κ1) is 17.4. The molecule has 1 aromatic heterocycles. The highest BCUT2D eigenvalue weighted by Crippen LogP contribution is 2.30. The number of nitrogens with one attached hydrogen (secondary N) is 2. The second-order valence-electron chi connectivity index (χ2n) is 6.29. The topological polar surface area (TPSA) is 46.4 Å². The van der Waals surface area contributed by atoms with E-state index in [0.29, 0.717) is 5.11 Å². The number of methoxy groups -OCH3 is 1. The maximum atomic E-state index is 5.92. The number of para-hydroxylation sites is 1. The van der Waals surface area contributed by atoms with Gasteiger partial charge in [0.15, 0.2) is 5.11 Å². The van der Waals surface area contributed by atoms with Crippen LogP contribution in [0.2, 0.25) is 0 Å². The van der Waals surface area contributed by atoms with Gasteiger partial charge in [-0.2, -0.15) is 0 Å². The molecule has 0 saturated heterocycles. The van der Waals surface area contributed by atoms with Crippen molar-refractivity contribution in [1.82, 2.24) is 5.32 Å². The van der Waals surface area contributed by atoms with Crippen LogP contribution in [0.4, 0.5) is 5.69 Å². The summed E-state index contributed by atoms with van der Waals surface area (Å²) in [6.07, 6.45) is 0.883. The number of fused-ring (bicyclic) bond motifs is 3. The Labute approximate surface area is 163 Å². The van der Waals surface area contributed by atoms with Crippen molar-refractivity contribution >= 4 is 45.0 Å². The molecule has 0 unspecified atom stereocenters. The van der Waals surface area contributed by atoms with E-state index >= 15 is 0 Å². The van der Waals surface area contributed by atoms with E-state index in [-0.39, 0.29) is 0 Å². The van der Waals surface area contributed by atoms with Gasteiger partial charge in [-0.05, 0) is 54.5 Å². The van der Waals surface area contributed by atoms with E-state index in [1.807, 2.05) is 42.5 Å². The van der Waals surface area contributed by atoms with Gasteiger partial charge in [0, 0.05) is 29.1 Å². The maximum absolute atomic E-state index is 5.92. The lowest BCUT2D eigenvalue weighted by Gasteiger charge is -2.10. The van der Waals surface area contributed by atoms with E-state index in [1.165, 1.54) is 5.56 Å². The van der Waals surface area contributed by atoms with Gasteiger partial charge in [0.2, 0.25) is 0 Å². The zero-order valence-corrected chi connectivity index (χ0v) is 15.8. The molecule has 4 rings (SSSR count). The molecule has 136 valence electrons. The van der Waals surface area contributed by atoms with Crippen molar-refractivity contribution in [2.24, 2.45) is 0 Å². The summed E-state index contributed by atoms with van der Waals surface area (Å²) < 4.78 is 11.1. The third-order valence-corrected chi connectivity index (χ3v) is 4.74. The van der Waals surface area contributed by atoms with Crippen molar-refractivity contribution in [2.45, 2.75) is 6.42 Å². The lowest BCUT2D eigenvalue weighted by Crippen LogP contribution is -2.30. The standard InChI is InChI=1S/C22H20N2O2S/c1-25-17-9-6-15(7-10-17)12-13-23-22(27)24-16-8-11-19-18-4-2-3-5-20(18)26-21(19)14-16/h2-11,14H,12-13H2,1H3,(H2,23,24,27). The fraction of sp³-hybridized carbons (Fsp3) is 0.136. The van der Waals surface area contributed by atoms with E-state index in [4.69, 9.17) is 21.4 Å². The van der Waals surface area contributed by atoms with Crippen molar-refractivity contribution in [3.8, 4) is 5.75 Å². The summed E-state index contributed by atoms with van der Waals surface area (Å²) in [6.45, 7) is 0.755. The Bertz CT molecular complexity index is 1090. The van der Waals surface area contributed by atoms with E-state index in [1.54, 1.807) is 7.11 Å². The maximum Gasteiger partial charge on any atom is 0.170 e. The molecule has 0 amide bonds. The minimum absolute atomic E-state index is 0.596. The number of hydrogen-bond donors (Lipinski definition) is 2. The van der Waals surface area contributed by atoms with Gasteiger partial charge in [-0.15, -0.1) is 0 Å². The van der Waals surface area contributed by atoms with Gasteiger partial charge >= 0.3 is 0 Å². The molecule has 0 bridgehead atoms. The first-order valence-corrected chi connectivity index (χ1v) is 9.23. The first-order chi connectivity index (χ1) is 13.2. The summed E-state index contributed by atoms with van der Waals surface area (Å²) in [5.74, 6) is 0.866. The van der Waals surface area contributed by atoms with E-state index < -0.39 is 0 Å². The molecule has 0 spiro atoms. The van der Waals surface area contributed by atoms with Crippen LogP contribution in [0.15, 0.2) is 71.1 Å². The van der Waals surface area contributed by atoms with Gasteiger partial charge in [-0.3, -0.25) is 0 Å². The second kappa shape index (κ2) is 7.68. The van der Waals surface area contributed by atoms with Gasteiger partial charge in [0.05, 0.1) is 7.11 Å². The molecular formula is C22H20N2O2S. The molecule has 1 heterocycles. The molecule has 27 heavy (non-hydrogen) atoms. The van der Waals surface area contributed by atoms with E-state index in [2.05, 4.69) is 34.9 Å². The molecule has 5 heteroatoms. The van der Waals surface area contributed by atoms with Gasteiger partial charge in [-0.1, -0.05) is 30.3 Å². The molecular weight excluding hydrogens is 356 g/mol. The predicted molar refractivity (Wildman–Crippen MR) is 115 cm³/mol. The lowest BCUT2D eigenvalue weighted by atomic mass is 10.1. The van der Waals surface area contributed by atoms with Gasteiger partial charge in [0.25, 0.3) is 0 Å². The third-order valence-electron chi connectivity index (χ3n) is 4.49. The average Bonchev–Trinajstić information content (AvgIpc) is 3.06. The highest BCUT2D eigenvalue weighted by atomic mass is 32.1. The van der Waals surface area contributed by atoms with Crippen molar-refractivity contribution in [2.75, 3.05) is 19.0 Å². The minimum atomic E-state index is 0.596. The van der Waals surface area contributed by atoms with Crippen molar-refractivity contribution in [3.63, 3.8) is 0 Å². The summed E-state index contributed by atoms with van der Waals surface area (Å²) in [6, 6.07) is 22.2. The number of benzene rings is 3. The summed E-state index contributed by atoms with van der Waals surface area (Å²) >= 11 is 5.41. The highest BCUT2D eigenvalue weighted by Gasteiger charge is 2.07. The van der Waals surface area contributed by atoms with Crippen LogP contribution >= 0.6 is 12.2 Å². The highest BCUT2D eigenvalue weighted by molar-refractivity contribution is 7.80. The summed E-state index contributed by atoms with van der Waals surface area (Å²) in [5.41, 5.74) is 3.88. The van der Waals surface area contributed by atoms with Crippen LogP contribution in [0.3, 0.4) is 0 Å². The molecule has 0 saturated carbocycles. The quantitative estimate of drug-likeness (QED) is 0.473. The molecule has 2 N–H and O–H groups in total. The largest absolute Gasteiger partial charge is 0.497 e. The minimum Gasteiger partial charge on any atom is -0.497 e. The fourth-order valence-electron chi connectivity index (χ4n) is 3.09. The molecule has 0 aliphatic heterocycles. The lowest BCUT2D eigenvalue weighted by molar-refractivity contribution is 0.414. The predicted octanol–water partition coefficient (Wildman–Crippen LogP) is 5.12. The Hall–Kier alpha value is -3.05. The van der Waals surface area contributed by atoms with Crippen LogP contribution in [0.1, 0.15) is 5.56 Å².